The van der Waals surface area contributed by atoms with Crippen molar-refractivity contribution in [1.29, 1.82) is 0 Å². The number of halogens is 1. The third-order valence-electron chi connectivity index (χ3n) is 7.99. The number of phenols is 1. The Kier molecular flexibility index (Phi) is 5.82. The van der Waals surface area contributed by atoms with Gasteiger partial charge in [-0.15, -0.1) is 0 Å². The van der Waals surface area contributed by atoms with Gasteiger partial charge in [0.15, 0.2) is 34.7 Å². The highest BCUT2D eigenvalue weighted by molar-refractivity contribution is 6.36. The molecule has 11 heteroatoms. The summed E-state index contributed by atoms with van der Waals surface area (Å²) in [7, 11) is 3.06. The van der Waals surface area contributed by atoms with E-state index in [4.69, 9.17) is 17.3 Å². The number of aromatic hydroxyl groups is 1. The number of fused-ring (bicyclic) bond motifs is 3. The Hall–Kier alpha value is -3.47. The van der Waals surface area contributed by atoms with Crippen molar-refractivity contribution in [3.63, 3.8) is 0 Å². The monoisotopic (exact) mass is 525 g/mol. The van der Waals surface area contributed by atoms with Crippen molar-refractivity contribution in [2.45, 2.75) is 24.5 Å². The van der Waals surface area contributed by atoms with Crippen LogP contribution in [0.1, 0.15) is 22.3 Å². The Morgan fingerprint density at radius 1 is 1.16 bits per heavy atom. The molecule has 2 fully saturated rings. The van der Waals surface area contributed by atoms with Gasteiger partial charge in [-0.3, -0.25) is 33.9 Å². The molecule has 3 aliphatic rings. The highest BCUT2D eigenvalue weighted by Crippen LogP contribution is 2.52. The fourth-order valence-electron chi connectivity index (χ4n) is 6.39. The summed E-state index contributed by atoms with van der Waals surface area (Å²) in [4.78, 5) is 71.3. The summed E-state index contributed by atoms with van der Waals surface area (Å²) in [6.45, 7) is 0. The number of benzene rings is 1. The molecule has 2 aromatic rings. The zero-order valence-corrected chi connectivity index (χ0v) is 20.7. The summed E-state index contributed by atoms with van der Waals surface area (Å²) in [5.41, 5.74) is 3.90. The van der Waals surface area contributed by atoms with Crippen LogP contribution >= 0.6 is 11.6 Å². The summed E-state index contributed by atoms with van der Waals surface area (Å²) < 4.78 is 0. The van der Waals surface area contributed by atoms with Crippen LogP contribution in [0.4, 0.5) is 0 Å². The van der Waals surface area contributed by atoms with E-state index in [-0.39, 0.29) is 29.2 Å². The summed E-state index contributed by atoms with van der Waals surface area (Å²) in [6.07, 6.45) is 3.17. The van der Waals surface area contributed by atoms with Gasteiger partial charge in [0.2, 0.25) is 5.91 Å². The van der Waals surface area contributed by atoms with Crippen LogP contribution in [0.5, 0.6) is 5.75 Å². The number of nitrogens with two attached hydrogens (primary N) is 1. The average Bonchev–Trinajstić information content (AvgIpc) is 2.83. The number of nitrogens with zero attached hydrogens (tertiary/aromatic N) is 2. The fraction of sp³-hybridized carbons (Fsp3) is 0.385. The van der Waals surface area contributed by atoms with Crippen LogP contribution in [0, 0.1) is 23.7 Å². The Morgan fingerprint density at radius 2 is 1.81 bits per heavy atom. The quantitative estimate of drug-likeness (QED) is 0.485. The lowest BCUT2D eigenvalue weighted by atomic mass is 9.52. The molecule has 0 bridgehead atoms. The number of carbonyl (C=O) groups is 5. The number of hydrogen-bond acceptors (Lipinski definition) is 9. The molecule has 1 aromatic heterocycles. The lowest BCUT2D eigenvalue weighted by molar-refractivity contribution is -0.181. The predicted octanol–water partition coefficient (Wildman–Crippen LogP) is 0.582. The van der Waals surface area contributed by atoms with Crippen molar-refractivity contribution in [1.82, 2.24) is 9.88 Å². The smallest absolute Gasteiger partial charge is 0.235 e. The van der Waals surface area contributed by atoms with Gasteiger partial charge >= 0.3 is 0 Å². The molecule has 1 heterocycles. The van der Waals surface area contributed by atoms with Gasteiger partial charge < -0.3 is 15.9 Å². The van der Waals surface area contributed by atoms with Crippen LogP contribution in [0.3, 0.4) is 0 Å². The zero-order chi connectivity index (χ0) is 27.0. The number of ketones is 4. The van der Waals surface area contributed by atoms with Crippen molar-refractivity contribution >= 4 is 40.6 Å². The number of phenolic OH excluding ortho intramolecular Hbond substituents is 1. The first kappa shape index (κ1) is 25.2. The van der Waals surface area contributed by atoms with E-state index in [2.05, 4.69) is 4.98 Å². The number of rotatable bonds is 3. The molecule has 0 saturated heterocycles. The van der Waals surface area contributed by atoms with Crippen molar-refractivity contribution < 1.29 is 34.2 Å². The molecule has 10 nitrogen and oxygen atoms in total. The van der Waals surface area contributed by atoms with E-state index in [0.29, 0.717) is 16.7 Å². The third-order valence-corrected chi connectivity index (χ3v) is 8.42. The number of primary amides is 1. The van der Waals surface area contributed by atoms with Crippen LogP contribution < -0.4 is 5.73 Å². The first-order valence-electron chi connectivity index (χ1n) is 11.7. The number of carbonyl (C=O) groups excluding carboxylic acids is 5. The lowest BCUT2D eigenvalue weighted by Gasteiger charge is -2.52. The minimum atomic E-state index is -2.76. The van der Waals surface area contributed by atoms with E-state index in [9.17, 15) is 34.2 Å². The number of likely N-dealkylation sites (N-methyl/N-ethyl adjacent to an activating group) is 1. The van der Waals surface area contributed by atoms with Gasteiger partial charge in [-0.05, 0) is 62.2 Å². The molecular weight excluding hydrogens is 502 g/mol. The van der Waals surface area contributed by atoms with Gasteiger partial charge in [-0.1, -0.05) is 11.6 Å². The largest absolute Gasteiger partial charge is 0.507 e. The minimum absolute atomic E-state index is 0.0412. The second kappa shape index (κ2) is 8.54. The lowest BCUT2D eigenvalue weighted by Crippen LogP contribution is -2.74. The molecule has 0 spiro atoms. The second-order valence-corrected chi connectivity index (χ2v) is 10.5. The maximum absolute atomic E-state index is 13.8. The topological polar surface area (TPSA) is 168 Å². The second-order valence-electron chi connectivity index (χ2n) is 10.1. The summed E-state index contributed by atoms with van der Waals surface area (Å²) in [5.74, 6) is -11.0. The molecule has 37 heavy (non-hydrogen) atoms. The van der Waals surface area contributed by atoms with Gasteiger partial charge in [0, 0.05) is 23.9 Å². The van der Waals surface area contributed by atoms with E-state index in [1.54, 1.807) is 24.5 Å². The van der Waals surface area contributed by atoms with E-state index < -0.39 is 64.4 Å². The van der Waals surface area contributed by atoms with Crippen LogP contribution in [0.2, 0.25) is 5.02 Å². The Balaban J connectivity index is 1.65. The Morgan fingerprint density at radius 3 is 2.41 bits per heavy atom. The standard InChI is InChI=1S/C26H24ClN3O7/c1-30(2)20-14-8-11-7-13-17(15(31)9-12(19(13)27)10-3-5-29-6-4-10)21(32)16(11)23(34)26(14,37)24(35)18(22(20)33)25(28)36/h3-6,9,11,14,16,18,20,31,37H,7-8H2,1-2H3,(H2,28,36). The van der Waals surface area contributed by atoms with Gasteiger partial charge in [-0.25, -0.2) is 0 Å². The highest BCUT2D eigenvalue weighted by Gasteiger charge is 2.69. The minimum Gasteiger partial charge on any atom is -0.507 e. The number of amides is 1. The molecule has 6 atom stereocenters. The molecule has 2 saturated carbocycles. The normalized spacial score (nSPS) is 31.1. The van der Waals surface area contributed by atoms with Crippen molar-refractivity contribution in [2.75, 3.05) is 14.1 Å². The van der Waals surface area contributed by atoms with Crippen molar-refractivity contribution in [3.8, 4) is 16.9 Å². The van der Waals surface area contributed by atoms with Gasteiger partial charge in [-0.2, -0.15) is 0 Å². The van der Waals surface area contributed by atoms with Gasteiger partial charge in [0.25, 0.3) is 0 Å². The molecule has 5 rings (SSSR count). The number of Topliss-reactive ketones (excluding diaryl/α,β-unsaturated/α-hetero) is 4. The molecule has 1 aromatic carbocycles. The van der Waals surface area contributed by atoms with Crippen LogP contribution in [0.25, 0.3) is 11.1 Å². The Labute approximate surface area is 216 Å². The molecule has 3 aliphatic carbocycles. The maximum atomic E-state index is 13.8. The molecule has 1 amide bonds. The van der Waals surface area contributed by atoms with Crippen LogP contribution in [-0.2, 0) is 25.6 Å². The first-order chi connectivity index (χ1) is 17.4. The highest BCUT2D eigenvalue weighted by atomic mass is 35.5. The van der Waals surface area contributed by atoms with E-state index in [1.807, 2.05) is 0 Å². The van der Waals surface area contributed by atoms with Crippen LogP contribution in [-0.4, -0.2) is 74.9 Å². The number of hydrogen-bond donors (Lipinski definition) is 3. The van der Waals surface area contributed by atoms with E-state index in [1.165, 1.54) is 25.1 Å². The molecular formula is C26H24ClN3O7. The average molecular weight is 526 g/mol. The predicted molar refractivity (Wildman–Crippen MR) is 130 cm³/mol. The van der Waals surface area contributed by atoms with E-state index >= 15 is 0 Å². The molecule has 192 valence electrons. The fourth-order valence-corrected chi connectivity index (χ4v) is 6.72. The zero-order valence-electron chi connectivity index (χ0n) is 20.0. The third kappa shape index (κ3) is 3.39. The summed E-state index contributed by atoms with van der Waals surface area (Å²) in [6, 6.07) is 3.56. The number of pyridine rings is 1. The first-order valence-corrected chi connectivity index (χ1v) is 12.1. The van der Waals surface area contributed by atoms with Gasteiger partial charge in [0.1, 0.15) is 5.75 Å². The van der Waals surface area contributed by atoms with E-state index in [0.717, 1.165) is 0 Å². The number of aliphatic hydroxyl groups is 1. The van der Waals surface area contributed by atoms with Crippen molar-refractivity contribution in [2.24, 2.45) is 29.4 Å². The molecule has 4 N–H and O–H groups in total. The van der Waals surface area contributed by atoms with Crippen LogP contribution in [0.15, 0.2) is 30.6 Å². The molecule has 6 unspecified atom stereocenters. The maximum Gasteiger partial charge on any atom is 0.235 e. The van der Waals surface area contributed by atoms with Crippen molar-refractivity contribution in [3.05, 3.63) is 46.7 Å². The molecule has 0 radical (unpaired) electrons. The Bertz CT molecular complexity index is 1390. The summed E-state index contributed by atoms with van der Waals surface area (Å²) in [5, 5.41) is 22.6. The summed E-state index contributed by atoms with van der Waals surface area (Å²) >= 11 is 6.72. The van der Waals surface area contributed by atoms with Gasteiger partial charge in [0.05, 0.1) is 22.5 Å². The molecule has 0 aliphatic heterocycles. The SMILES string of the molecule is CN(C)C1C(=O)C(C(N)=O)C(=O)C2(O)C(=O)C3C(=O)c4c(O)cc(-c5ccncc5)c(Cl)c4CC3CC12. The number of aromatic nitrogens is 1.